The van der Waals surface area contributed by atoms with Crippen molar-refractivity contribution < 1.29 is 0 Å². The molecule has 2 rings (SSSR count). The van der Waals surface area contributed by atoms with E-state index in [0.29, 0.717) is 0 Å². The highest BCUT2D eigenvalue weighted by Gasteiger charge is 2.09. The Morgan fingerprint density at radius 1 is 0.812 bits per heavy atom. The summed E-state index contributed by atoms with van der Waals surface area (Å²) in [5, 5.41) is 0.620. The topological polar surface area (TPSA) is 0 Å². The van der Waals surface area contributed by atoms with Crippen molar-refractivity contribution in [3.8, 4) is 0 Å². The summed E-state index contributed by atoms with van der Waals surface area (Å²) in [7, 11) is 0. The molecule has 0 bridgehead atoms. The lowest BCUT2D eigenvalue weighted by Crippen LogP contribution is -1.92. The van der Waals surface area contributed by atoms with Crippen LogP contribution in [-0.4, -0.2) is 0 Å². The van der Waals surface area contributed by atoms with Crippen LogP contribution in [0.15, 0.2) is 48.5 Å². The highest BCUT2D eigenvalue weighted by atomic mass is 35.5. The summed E-state index contributed by atoms with van der Waals surface area (Å²) in [6.07, 6.45) is 0. The number of benzene rings is 2. The molecular formula is C14H12Cl2. The van der Waals surface area contributed by atoms with E-state index in [2.05, 4.69) is 31.2 Å². The molecule has 0 N–H and O–H groups in total. The second-order valence-electron chi connectivity index (χ2n) is 3.82. The van der Waals surface area contributed by atoms with E-state index in [9.17, 15) is 0 Å². The van der Waals surface area contributed by atoms with Crippen molar-refractivity contribution in [2.75, 3.05) is 0 Å². The molecule has 0 fully saturated rings. The van der Waals surface area contributed by atoms with E-state index in [4.69, 9.17) is 23.2 Å². The lowest BCUT2D eigenvalue weighted by atomic mass is 10.0. The van der Waals surface area contributed by atoms with Crippen molar-refractivity contribution >= 4 is 23.2 Å². The first-order valence-electron chi connectivity index (χ1n) is 5.13. The molecule has 0 nitrogen and oxygen atoms in total. The average molecular weight is 251 g/mol. The second-order valence-corrected chi connectivity index (χ2v) is 4.70. The second kappa shape index (κ2) is 4.90. The molecule has 2 aromatic carbocycles. The Labute approximate surface area is 106 Å². The Balaban J connectivity index is 2.28. The summed E-state index contributed by atoms with van der Waals surface area (Å²) in [4.78, 5) is 0. The zero-order chi connectivity index (χ0) is 11.5. The van der Waals surface area contributed by atoms with Crippen molar-refractivity contribution in [2.24, 2.45) is 0 Å². The molecule has 0 saturated carbocycles. The van der Waals surface area contributed by atoms with E-state index in [0.717, 1.165) is 16.1 Å². The highest BCUT2D eigenvalue weighted by Crippen LogP contribution is 2.29. The van der Waals surface area contributed by atoms with Gasteiger partial charge in [0, 0.05) is 5.02 Å². The third-order valence-electron chi connectivity index (χ3n) is 2.53. The van der Waals surface area contributed by atoms with Crippen LogP contribution in [0.2, 0.25) is 5.02 Å². The van der Waals surface area contributed by atoms with Crippen LogP contribution in [0.5, 0.6) is 0 Å². The summed E-state index contributed by atoms with van der Waals surface area (Å²) in [6, 6.07) is 15.9. The lowest BCUT2D eigenvalue weighted by Gasteiger charge is -2.10. The van der Waals surface area contributed by atoms with Gasteiger partial charge in [-0.15, -0.1) is 11.6 Å². The van der Waals surface area contributed by atoms with Gasteiger partial charge in [-0.2, -0.15) is 0 Å². The molecule has 0 amide bonds. The Morgan fingerprint density at radius 3 is 1.75 bits per heavy atom. The van der Waals surface area contributed by atoms with Crippen LogP contribution < -0.4 is 0 Å². The Bertz CT molecular complexity index is 412. The van der Waals surface area contributed by atoms with Crippen LogP contribution in [-0.2, 0) is 0 Å². The van der Waals surface area contributed by atoms with Gasteiger partial charge >= 0.3 is 0 Å². The van der Waals surface area contributed by atoms with Gasteiger partial charge in [0.1, 0.15) is 0 Å². The van der Waals surface area contributed by atoms with Crippen LogP contribution in [0.1, 0.15) is 22.1 Å². The molecular weight excluding hydrogens is 239 g/mol. The maximum atomic E-state index is 6.39. The normalized spacial score (nSPS) is 12.4. The summed E-state index contributed by atoms with van der Waals surface area (Å²) in [5.41, 5.74) is 3.41. The monoisotopic (exact) mass is 250 g/mol. The number of alkyl halides is 1. The van der Waals surface area contributed by atoms with Crippen molar-refractivity contribution in [3.63, 3.8) is 0 Å². The van der Waals surface area contributed by atoms with Crippen molar-refractivity contribution in [1.29, 1.82) is 0 Å². The number of aryl methyl sites for hydroxylation is 1. The fraction of sp³-hybridized carbons (Fsp3) is 0.143. The van der Waals surface area contributed by atoms with Crippen molar-refractivity contribution in [1.82, 2.24) is 0 Å². The zero-order valence-electron chi connectivity index (χ0n) is 8.95. The van der Waals surface area contributed by atoms with Gasteiger partial charge in [-0.25, -0.2) is 0 Å². The maximum Gasteiger partial charge on any atom is 0.0835 e. The van der Waals surface area contributed by atoms with Crippen molar-refractivity contribution in [3.05, 3.63) is 70.2 Å². The van der Waals surface area contributed by atoms with Gasteiger partial charge in [-0.1, -0.05) is 53.6 Å². The first kappa shape index (κ1) is 11.5. The highest BCUT2D eigenvalue weighted by molar-refractivity contribution is 6.30. The van der Waals surface area contributed by atoms with E-state index in [1.165, 1.54) is 5.56 Å². The van der Waals surface area contributed by atoms with Gasteiger partial charge in [0.25, 0.3) is 0 Å². The maximum absolute atomic E-state index is 6.39. The van der Waals surface area contributed by atoms with Crippen molar-refractivity contribution in [2.45, 2.75) is 12.3 Å². The molecule has 0 aliphatic rings. The standard InChI is InChI=1S/C14H12Cl2/c1-10-2-4-11(5-3-10)14(16)12-6-8-13(15)9-7-12/h2-9,14H,1H3. The third-order valence-corrected chi connectivity index (χ3v) is 3.29. The minimum Gasteiger partial charge on any atom is -0.113 e. The lowest BCUT2D eigenvalue weighted by molar-refractivity contribution is 1.14. The van der Waals surface area contributed by atoms with Crippen LogP contribution in [0.25, 0.3) is 0 Å². The van der Waals surface area contributed by atoms with Gasteiger partial charge in [0.15, 0.2) is 0 Å². The van der Waals surface area contributed by atoms with Gasteiger partial charge in [-0.05, 0) is 30.2 Å². The zero-order valence-corrected chi connectivity index (χ0v) is 10.5. The fourth-order valence-corrected chi connectivity index (χ4v) is 1.98. The predicted molar refractivity (Wildman–Crippen MR) is 70.3 cm³/mol. The molecule has 1 unspecified atom stereocenters. The first-order valence-corrected chi connectivity index (χ1v) is 5.94. The first-order chi connectivity index (χ1) is 7.66. The average Bonchev–Trinajstić information content (AvgIpc) is 2.30. The van der Waals surface area contributed by atoms with Gasteiger partial charge < -0.3 is 0 Å². The van der Waals surface area contributed by atoms with E-state index < -0.39 is 0 Å². The SMILES string of the molecule is Cc1ccc(C(Cl)c2ccc(Cl)cc2)cc1. The number of hydrogen-bond donors (Lipinski definition) is 0. The summed E-state index contributed by atoms with van der Waals surface area (Å²) >= 11 is 12.2. The molecule has 0 aliphatic carbocycles. The molecule has 0 heterocycles. The molecule has 82 valence electrons. The van der Waals surface area contributed by atoms with E-state index in [-0.39, 0.29) is 5.38 Å². The molecule has 0 aliphatic heterocycles. The molecule has 0 radical (unpaired) electrons. The molecule has 2 aromatic rings. The molecule has 16 heavy (non-hydrogen) atoms. The summed E-state index contributed by atoms with van der Waals surface area (Å²) in [6.45, 7) is 2.06. The molecule has 0 aromatic heterocycles. The largest absolute Gasteiger partial charge is 0.113 e. The molecule has 0 spiro atoms. The molecule has 1 atom stereocenters. The van der Waals surface area contributed by atoms with E-state index >= 15 is 0 Å². The third kappa shape index (κ3) is 2.58. The van der Waals surface area contributed by atoms with Crippen LogP contribution in [0.3, 0.4) is 0 Å². The van der Waals surface area contributed by atoms with Crippen LogP contribution in [0, 0.1) is 6.92 Å². The Kier molecular flexibility index (Phi) is 3.52. The number of halogens is 2. The minimum absolute atomic E-state index is 0.113. The van der Waals surface area contributed by atoms with E-state index in [1.54, 1.807) is 0 Å². The molecule has 0 saturated heterocycles. The summed E-state index contributed by atoms with van der Waals surface area (Å²) < 4.78 is 0. The Hall–Kier alpha value is -0.980. The predicted octanol–water partition coefficient (Wildman–Crippen LogP) is 4.98. The summed E-state index contributed by atoms with van der Waals surface area (Å²) in [5.74, 6) is 0. The van der Waals surface area contributed by atoms with Gasteiger partial charge in [-0.3, -0.25) is 0 Å². The van der Waals surface area contributed by atoms with Crippen LogP contribution >= 0.6 is 23.2 Å². The van der Waals surface area contributed by atoms with Crippen LogP contribution in [0.4, 0.5) is 0 Å². The fourth-order valence-electron chi connectivity index (χ4n) is 1.56. The number of hydrogen-bond acceptors (Lipinski definition) is 0. The van der Waals surface area contributed by atoms with Gasteiger partial charge in [0.2, 0.25) is 0 Å². The van der Waals surface area contributed by atoms with E-state index in [1.807, 2.05) is 24.3 Å². The molecule has 2 heteroatoms. The van der Waals surface area contributed by atoms with Gasteiger partial charge in [0.05, 0.1) is 5.38 Å². The Morgan fingerprint density at radius 2 is 1.25 bits per heavy atom. The minimum atomic E-state index is -0.113. The smallest absolute Gasteiger partial charge is 0.0835 e. The quantitative estimate of drug-likeness (QED) is 0.660. The number of rotatable bonds is 2.